The molecule has 3 aromatic carbocycles. The second-order valence-electron chi connectivity index (χ2n) is 9.22. The summed E-state index contributed by atoms with van der Waals surface area (Å²) in [7, 11) is 0. The number of amides is 1. The second kappa shape index (κ2) is 10.1. The Kier molecular flexibility index (Phi) is 6.97. The van der Waals surface area contributed by atoms with Crippen LogP contribution in [-0.2, 0) is 17.8 Å². The minimum atomic E-state index is -0.348. The van der Waals surface area contributed by atoms with Gasteiger partial charge in [-0.15, -0.1) is 0 Å². The average molecular weight is 467 g/mol. The van der Waals surface area contributed by atoms with Crippen molar-refractivity contribution in [2.45, 2.75) is 46.6 Å². The van der Waals surface area contributed by atoms with Crippen LogP contribution >= 0.6 is 0 Å². The first-order valence-corrected chi connectivity index (χ1v) is 11.9. The molecule has 0 bridgehead atoms. The summed E-state index contributed by atoms with van der Waals surface area (Å²) in [4.78, 5) is 39.5. The van der Waals surface area contributed by atoms with Crippen LogP contribution in [0.25, 0.3) is 10.9 Å². The number of carbonyl (C=O) groups excluding carboxylic acids is 2. The number of nitrogens with zero attached hydrogens (tertiary/aromatic N) is 1. The molecular weight excluding hydrogens is 436 g/mol. The molecule has 5 heteroatoms. The van der Waals surface area contributed by atoms with E-state index in [1.807, 2.05) is 62.4 Å². The highest BCUT2D eigenvalue weighted by Crippen LogP contribution is 2.19. The van der Waals surface area contributed by atoms with Crippen molar-refractivity contribution in [1.29, 1.82) is 0 Å². The number of rotatable bonds is 7. The van der Waals surface area contributed by atoms with Crippen molar-refractivity contribution < 1.29 is 9.59 Å². The number of hydrogen-bond donors (Lipinski definition) is 1. The van der Waals surface area contributed by atoms with Gasteiger partial charge in [0, 0.05) is 22.8 Å². The number of benzene rings is 3. The number of ketones is 1. The van der Waals surface area contributed by atoms with E-state index in [2.05, 4.69) is 19.2 Å². The molecule has 0 saturated carbocycles. The first kappa shape index (κ1) is 24.1. The molecule has 0 aliphatic heterocycles. The van der Waals surface area contributed by atoms with Crippen LogP contribution in [0.1, 0.15) is 59.3 Å². The molecule has 1 N–H and O–H groups in total. The summed E-state index contributed by atoms with van der Waals surface area (Å²) in [6.45, 7) is 8.15. The lowest BCUT2D eigenvalue weighted by atomic mass is 10.00. The maximum atomic E-state index is 13.3. The predicted octanol–water partition coefficient (Wildman–Crippen LogP) is 5.87. The van der Waals surface area contributed by atoms with Crippen molar-refractivity contribution >= 4 is 28.3 Å². The number of hydrogen-bond acceptors (Lipinski definition) is 3. The minimum Gasteiger partial charge on any atom is -0.337 e. The van der Waals surface area contributed by atoms with Crippen molar-refractivity contribution in [2.24, 2.45) is 0 Å². The van der Waals surface area contributed by atoms with Gasteiger partial charge in [0.05, 0.1) is 11.1 Å². The smallest absolute Gasteiger partial charge is 0.244 e. The number of anilines is 1. The molecule has 0 fully saturated rings. The van der Waals surface area contributed by atoms with E-state index in [9.17, 15) is 14.4 Å². The molecule has 0 radical (unpaired) electrons. The van der Waals surface area contributed by atoms with Crippen molar-refractivity contribution in [3.05, 3.63) is 111 Å². The molecule has 1 aromatic heterocycles. The second-order valence-corrected chi connectivity index (χ2v) is 9.22. The predicted molar refractivity (Wildman–Crippen MR) is 141 cm³/mol. The van der Waals surface area contributed by atoms with Crippen molar-refractivity contribution in [3.63, 3.8) is 0 Å². The fourth-order valence-corrected chi connectivity index (χ4v) is 4.16. The zero-order valence-corrected chi connectivity index (χ0v) is 20.6. The van der Waals surface area contributed by atoms with Crippen molar-refractivity contribution in [3.8, 4) is 0 Å². The van der Waals surface area contributed by atoms with E-state index < -0.39 is 0 Å². The number of pyridine rings is 1. The third kappa shape index (κ3) is 5.24. The van der Waals surface area contributed by atoms with E-state index in [0.717, 1.165) is 17.5 Å². The Balaban J connectivity index is 1.69. The van der Waals surface area contributed by atoms with Crippen LogP contribution < -0.4 is 10.7 Å². The van der Waals surface area contributed by atoms with Crippen molar-refractivity contribution in [1.82, 2.24) is 4.57 Å². The lowest BCUT2D eigenvalue weighted by molar-refractivity contribution is -0.116. The van der Waals surface area contributed by atoms with Gasteiger partial charge in [-0.05, 0) is 54.7 Å². The largest absolute Gasteiger partial charge is 0.337 e. The summed E-state index contributed by atoms with van der Waals surface area (Å²) in [5.74, 6) is -0.178. The van der Waals surface area contributed by atoms with E-state index in [1.54, 1.807) is 22.8 Å². The molecule has 0 saturated heterocycles. The quantitative estimate of drug-likeness (QED) is 0.347. The first-order chi connectivity index (χ1) is 16.8. The molecule has 5 nitrogen and oxygen atoms in total. The number of aryl methyl sites for hydroxylation is 2. The van der Waals surface area contributed by atoms with E-state index in [0.29, 0.717) is 28.1 Å². The van der Waals surface area contributed by atoms with Crippen LogP contribution in [-0.4, -0.2) is 16.3 Å². The first-order valence-electron chi connectivity index (χ1n) is 11.9. The molecule has 0 spiro atoms. The number of aromatic nitrogens is 1. The lowest BCUT2D eigenvalue weighted by Gasteiger charge is -2.14. The summed E-state index contributed by atoms with van der Waals surface area (Å²) in [5, 5.41) is 3.34. The molecule has 4 rings (SSSR count). The third-order valence-electron chi connectivity index (χ3n) is 6.28. The van der Waals surface area contributed by atoms with E-state index in [-0.39, 0.29) is 29.2 Å². The Labute approximate surface area is 205 Å². The number of nitrogens with one attached hydrogen (secondary N) is 1. The minimum absolute atomic E-state index is 0.0270. The number of carbonyl (C=O) groups is 2. The molecule has 0 aliphatic carbocycles. The standard InChI is InChI=1S/C30H30N2O3/c1-5-21-7-9-23(10-8-21)29(34)26-17-32(27-15-6-20(4)16-25(27)30(26)35)18-28(33)31-24-13-11-22(12-14-24)19(2)3/h6-17,19H,5,18H2,1-4H3,(H,31,33). The molecule has 0 atom stereocenters. The zero-order chi connectivity index (χ0) is 25.1. The molecule has 35 heavy (non-hydrogen) atoms. The van der Waals surface area contributed by atoms with Gasteiger partial charge >= 0.3 is 0 Å². The topological polar surface area (TPSA) is 68.2 Å². The van der Waals surface area contributed by atoms with E-state index >= 15 is 0 Å². The molecule has 178 valence electrons. The monoisotopic (exact) mass is 466 g/mol. The zero-order valence-electron chi connectivity index (χ0n) is 20.6. The molecule has 4 aromatic rings. The van der Waals surface area contributed by atoms with Gasteiger partial charge in [0.1, 0.15) is 6.54 Å². The summed E-state index contributed by atoms with van der Waals surface area (Å²) >= 11 is 0. The van der Waals surface area contributed by atoms with Crippen LogP contribution in [0.3, 0.4) is 0 Å². The molecule has 1 amide bonds. The summed E-state index contributed by atoms with van der Waals surface area (Å²) in [6.07, 6.45) is 2.38. The maximum absolute atomic E-state index is 13.3. The fourth-order valence-electron chi connectivity index (χ4n) is 4.16. The maximum Gasteiger partial charge on any atom is 0.244 e. The average Bonchev–Trinajstić information content (AvgIpc) is 2.85. The molecule has 1 heterocycles. The van der Waals surface area contributed by atoms with Gasteiger partial charge < -0.3 is 9.88 Å². The summed E-state index contributed by atoms with van der Waals surface area (Å²) in [6, 6.07) is 20.5. The van der Waals surface area contributed by atoms with E-state index in [1.165, 1.54) is 11.8 Å². The van der Waals surface area contributed by atoms with Gasteiger partial charge in [0.2, 0.25) is 11.3 Å². The lowest BCUT2D eigenvalue weighted by Crippen LogP contribution is -2.24. The Morgan fingerprint density at radius 3 is 2.26 bits per heavy atom. The highest BCUT2D eigenvalue weighted by Gasteiger charge is 2.18. The highest BCUT2D eigenvalue weighted by molar-refractivity contribution is 6.10. The van der Waals surface area contributed by atoms with Crippen molar-refractivity contribution in [2.75, 3.05) is 5.32 Å². The Hall–Kier alpha value is -3.99. The van der Waals surface area contributed by atoms with Crippen LogP contribution in [0.5, 0.6) is 0 Å². The van der Waals surface area contributed by atoms with Crippen LogP contribution in [0.4, 0.5) is 5.69 Å². The van der Waals surface area contributed by atoms with Crippen LogP contribution in [0, 0.1) is 6.92 Å². The Morgan fingerprint density at radius 2 is 1.63 bits per heavy atom. The SMILES string of the molecule is CCc1ccc(C(=O)c2cn(CC(=O)Nc3ccc(C(C)C)cc3)c3ccc(C)cc3c2=O)cc1. The van der Waals surface area contributed by atoms with Gasteiger partial charge in [-0.25, -0.2) is 0 Å². The molecule has 0 unspecified atom stereocenters. The summed E-state index contributed by atoms with van der Waals surface area (Å²) < 4.78 is 1.68. The van der Waals surface area contributed by atoms with Gasteiger partial charge in [-0.3, -0.25) is 14.4 Å². The van der Waals surface area contributed by atoms with Gasteiger partial charge in [-0.1, -0.05) is 68.8 Å². The Morgan fingerprint density at radius 1 is 0.943 bits per heavy atom. The summed E-state index contributed by atoms with van der Waals surface area (Å²) in [5.41, 5.74) is 4.72. The molecule has 0 aliphatic rings. The van der Waals surface area contributed by atoms with Gasteiger partial charge in [-0.2, -0.15) is 0 Å². The Bertz CT molecular complexity index is 1450. The van der Waals surface area contributed by atoms with Crippen LogP contribution in [0.15, 0.2) is 77.7 Å². The van der Waals surface area contributed by atoms with E-state index in [4.69, 9.17) is 0 Å². The third-order valence-corrected chi connectivity index (χ3v) is 6.28. The normalized spacial score (nSPS) is 11.1. The number of fused-ring (bicyclic) bond motifs is 1. The van der Waals surface area contributed by atoms with Gasteiger partial charge in [0.25, 0.3) is 0 Å². The van der Waals surface area contributed by atoms with Crippen LogP contribution in [0.2, 0.25) is 0 Å². The fraction of sp³-hybridized carbons (Fsp3) is 0.233. The van der Waals surface area contributed by atoms with Gasteiger partial charge in [0.15, 0.2) is 5.78 Å². The molecular formula is C30H30N2O3. The highest BCUT2D eigenvalue weighted by atomic mass is 16.2.